The van der Waals surface area contributed by atoms with Gasteiger partial charge in [-0.15, -0.1) is 0 Å². The van der Waals surface area contributed by atoms with Crippen molar-refractivity contribution in [3.05, 3.63) is 34.9 Å². The van der Waals surface area contributed by atoms with Gasteiger partial charge in [-0.3, -0.25) is 4.79 Å². The molecule has 1 amide bonds. The summed E-state index contributed by atoms with van der Waals surface area (Å²) in [5, 5.41) is 2.60. The van der Waals surface area contributed by atoms with E-state index in [4.69, 9.17) is 11.6 Å². The Morgan fingerprint density at radius 3 is 2.42 bits per heavy atom. The lowest BCUT2D eigenvalue weighted by molar-refractivity contribution is -0.175. The first-order chi connectivity index (χ1) is 8.83. The molecule has 0 spiro atoms. The third-order valence-corrected chi connectivity index (χ3v) is 3.68. The number of amides is 1. The van der Waals surface area contributed by atoms with Crippen molar-refractivity contribution in [3.63, 3.8) is 0 Å². The van der Waals surface area contributed by atoms with E-state index in [1.54, 1.807) is 24.3 Å². The van der Waals surface area contributed by atoms with Crippen molar-refractivity contribution in [2.45, 2.75) is 37.4 Å². The Kier molecular flexibility index (Phi) is 3.76. The molecular formula is C13H13ClF3NO. The molecule has 0 saturated heterocycles. The van der Waals surface area contributed by atoms with Gasteiger partial charge < -0.3 is 5.32 Å². The number of nitrogens with one attached hydrogen (secondary N) is 1. The Balaban J connectivity index is 2.31. The maximum Gasteiger partial charge on any atom is 0.471 e. The number of benzene rings is 1. The van der Waals surface area contributed by atoms with E-state index >= 15 is 0 Å². The van der Waals surface area contributed by atoms with Crippen LogP contribution in [0.5, 0.6) is 0 Å². The summed E-state index contributed by atoms with van der Waals surface area (Å²) in [7, 11) is 0. The number of hydrogen-bond acceptors (Lipinski definition) is 1. The van der Waals surface area contributed by atoms with Crippen LogP contribution in [0.25, 0.3) is 0 Å². The van der Waals surface area contributed by atoms with Crippen molar-refractivity contribution in [2.24, 2.45) is 0 Å². The first-order valence-electron chi connectivity index (χ1n) is 5.99. The maximum atomic E-state index is 12.4. The second-order valence-corrected chi connectivity index (χ2v) is 5.19. The number of carbonyl (C=O) groups is 1. The number of carbonyl (C=O) groups excluding carboxylic acids is 1. The molecule has 2 rings (SSSR count). The summed E-state index contributed by atoms with van der Waals surface area (Å²) in [6.45, 7) is 0. The smallest absolute Gasteiger partial charge is 0.339 e. The Labute approximate surface area is 113 Å². The minimum absolute atomic E-state index is 0.449. The monoisotopic (exact) mass is 291 g/mol. The van der Waals surface area contributed by atoms with Crippen LogP contribution in [0.1, 0.15) is 31.2 Å². The molecule has 1 aromatic rings. The quantitative estimate of drug-likeness (QED) is 0.882. The fourth-order valence-corrected chi connectivity index (χ4v) is 2.73. The van der Waals surface area contributed by atoms with E-state index in [9.17, 15) is 18.0 Å². The van der Waals surface area contributed by atoms with Gasteiger partial charge in [0.05, 0.1) is 5.54 Å². The molecule has 1 aliphatic carbocycles. The standard InChI is InChI=1S/C13H13ClF3NO/c14-10-5-3-4-9(8-10)12(6-1-2-7-12)18-11(19)13(15,16)17/h3-5,8H,1-2,6-7H2,(H,18,19). The van der Waals surface area contributed by atoms with E-state index in [0.717, 1.165) is 12.8 Å². The van der Waals surface area contributed by atoms with E-state index < -0.39 is 17.6 Å². The maximum absolute atomic E-state index is 12.4. The van der Waals surface area contributed by atoms with Crippen LogP contribution in [-0.4, -0.2) is 12.1 Å². The molecule has 6 heteroatoms. The van der Waals surface area contributed by atoms with Gasteiger partial charge in [0.25, 0.3) is 0 Å². The van der Waals surface area contributed by atoms with Gasteiger partial charge in [0, 0.05) is 5.02 Å². The fourth-order valence-electron chi connectivity index (χ4n) is 2.54. The highest BCUT2D eigenvalue weighted by atomic mass is 35.5. The van der Waals surface area contributed by atoms with E-state index in [1.165, 1.54) is 0 Å². The van der Waals surface area contributed by atoms with Gasteiger partial charge in [0.15, 0.2) is 0 Å². The van der Waals surface area contributed by atoms with Crippen molar-refractivity contribution < 1.29 is 18.0 Å². The SMILES string of the molecule is O=C(NC1(c2cccc(Cl)c2)CCCC1)C(F)(F)F. The summed E-state index contributed by atoms with van der Waals surface area (Å²) in [6.07, 6.45) is -2.31. The summed E-state index contributed by atoms with van der Waals surface area (Å²) >= 11 is 5.88. The lowest BCUT2D eigenvalue weighted by Crippen LogP contribution is -2.49. The van der Waals surface area contributed by atoms with Gasteiger partial charge in [-0.25, -0.2) is 0 Å². The highest BCUT2D eigenvalue weighted by Crippen LogP contribution is 2.40. The number of alkyl halides is 3. The average molecular weight is 292 g/mol. The lowest BCUT2D eigenvalue weighted by Gasteiger charge is -2.31. The number of rotatable bonds is 2. The predicted octanol–water partition coefficient (Wildman–Crippen LogP) is 3.79. The number of halogens is 4. The van der Waals surface area contributed by atoms with E-state index in [1.807, 2.05) is 0 Å². The molecular weight excluding hydrogens is 279 g/mol. The molecule has 0 bridgehead atoms. The molecule has 0 aromatic heterocycles. The van der Waals surface area contributed by atoms with Crippen LogP contribution in [0.3, 0.4) is 0 Å². The summed E-state index contributed by atoms with van der Waals surface area (Å²) in [5.74, 6) is -1.89. The third kappa shape index (κ3) is 3.03. The van der Waals surface area contributed by atoms with Crippen molar-refractivity contribution in [1.29, 1.82) is 0 Å². The molecule has 19 heavy (non-hydrogen) atoms. The van der Waals surface area contributed by atoms with Gasteiger partial charge in [-0.1, -0.05) is 36.6 Å². The summed E-state index contributed by atoms with van der Waals surface area (Å²) in [5.41, 5.74) is -0.313. The van der Waals surface area contributed by atoms with E-state index in [2.05, 4.69) is 5.32 Å². The molecule has 0 unspecified atom stereocenters. The zero-order valence-electron chi connectivity index (χ0n) is 10.1. The third-order valence-electron chi connectivity index (χ3n) is 3.44. The molecule has 1 aromatic carbocycles. The molecule has 0 radical (unpaired) electrons. The molecule has 104 valence electrons. The second kappa shape index (κ2) is 5.04. The topological polar surface area (TPSA) is 29.1 Å². The van der Waals surface area contributed by atoms with Crippen molar-refractivity contribution >= 4 is 17.5 Å². The van der Waals surface area contributed by atoms with Crippen LogP contribution >= 0.6 is 11.6 Å². The largest absolute Gasteiger partial charge is 0.471 e. The minimum Gasteiger partial charge on any atom is -0.339 e. The first kappa shape index (κ1) is 14.2. The summed E-state index contributed by atoms with van der Waals surface area (Å²) in [6, 6.07) is 6.65. The predicted molar refractivity (Wildman–Crippen MR) is 65.8 cm³/mol. The van der Waals surface area contributed by atoms with Gasteiger partial charge in [-0.2, -0.15) is 13.2 Å². The molecule has 1 saturated carbocycles. The van der Waals surface area contributed by atoms with Crippen LogP contribution in [-0.2, 0) is 10.3 Å². The molecule has 0 heterocycles. The highest BCUT2D eigenvalue weighted by molar-refractivity contribution is 6.30. The van der Waals surface area contributed by atoms with Crippen LogP contribution in [0.2, 0.25) is 5.02 Å². The Hall–Kier alpha value is -1.23. The van der Waals surface area contributed by atoms with Crippen molar-refractivity contribution in [1.82, 2.24) is 5.32 Å². The molecule has 1 aliphatic rings. The fraction of sp³-hybridized carbons (Fsp3) is 0.462. The minimum atomic E-state index is -4.87. The first-order valence-corrected chi connectivity index (χ1v) is 6.37. The molecule has 1 fully saturated rings. The van der Waals surface area contributed by atoms with E-state index in [-0.39, 0.29) is 0 Å². The Bertz CT molecular complexity index is 481. The normalized spacial score (nSPS) is 18.3. The zero-order chi connectivity index (χ0) is 14.1. The van der Waals surface area contributed by atoms with Crippen molar-refractivity contribution in [2.75, 3.05) is 0 Å². The van der Waals surface area contributed by atoms with Gasteiger partial charge in [-0.05, 0) is 30.5 Å². The van der Waals surface area contributed by atoms with Crippen LogP contribution in [0, 0.1) is 0 Å². The Morgan fingerprint density at radius 2 is 1.89 bits per heavy atom. The summed E-state index contributed by atoms with van der Waals surface area (Å²) < 4.78 is 37.3. The highest BCUT2D eigenvalue weighted by Gasteiger charge is 2.45. The van der Waals surface area contributed by atoms with Crippen molar-refractivity contribution in [3.8, 4) is 0 Å². The van der Waals surface area contributed by atoms with Crippen LogP contribution < -0.4 is 5.32 Å². The van der Waals surface area contributed by atoms with Gasteiger partial charge in [0.1, 0.15) is 0 Å². The molecule has 0 aliphatic heterocycles. The van der Waals surface area contributed by atoms with Crippen LogP contribution in [0.4, 0.5) is 13.2 Å². The molecule has 2 nitrogen and oxygen atoms in total. The molecule has 1 N–H and O–H groups in total. The molecule has 0 atom stereocenters. The zero-order valence-corrected chi connectivity index (χ0v) is 10.8. The lowest BCUT2D eigenvalue weighted by atomic mass is 9.88. The Morgan fingerprint density at radius 1 is 1.26 bits per heavy atom. The van der Waals surface area contributed by atoms with Gasteiger partial charge in [0.2, 0.25) is 0 Å². The number of hydrogen-bond donors (Lipinski definition) is 1. The van der Waals surface area contributed by atoms with E-state index in [0.29, 0.717) is 23.4 Å². The van der Waals surface area contributed by atoms with Crippen LogP contribution in [0.15, 0.2) is 24.3 Å². The average Bonchev–Trinajstić information content (AvgIpc) is 2.77. The van der Waals surface area contributed by atoms with Gasteiger partial charge >= 0.3 is 12.1 Å². The summed E-state index contributed by atoms with van der Waals surface area (Å²) in [4.78, 5) is 11.2. The second-order valence-electron chi connectivity index (χ2n) is 4.75.